The van der Waals surface area contributed by atoms with Gasteiger partial charge in [0.25, 0.3) is 5.91 Å². The summed E-state index contributed by atoms with van der Waals surface area (Å²) in [6.07, 6.45) is 0. The fourth-order valence-corrected chi connectivity index (χ4v) is 4.79. The number of alkyl halides is 1. The van der Waals surface area contributed by atoms with Crippen molar-refractivity contribution in [3.8, 4) is 23.0 Å². The number of ether oxygens (including phenoxy) is 3. The molecule has 0 saturated carbocycles. The van der Waals surface area contributed by atoms with Crippen LogP contribution in [0.3, 0.4) is 0 Å². The molecular formula is C23H22ClN3O6. The number of fused-ring (bicyclic) bond motifs is 4. The molecule has 4 aromatic rings. The number of rotatable bonds is 5. The van der Waals surface area contributed by atoms with Gasteiger partial charge in [-0.2, -0.15) is 0 Å². The van der Waals surface area contributed by atoms with Crippen LogP contribution >= 0.6 is 11.6 Å². The molecule has 2 N–H and O–H groups in total. The number of aromatic hydroxyl groups is 1. The van der Waals surface area contributed by atoms with Crippen molar-refractivity contribution >= 4 is 45.2 Å². The first-order valence-electron chi connectivity index (χ1n) is 10.2. The Morgan fingerprint density at radius 1 is 1.24 bits per heavy atom. The van der Waals surface area contributed by atoms with E-state index < -0.39 is 0 Å². The Morgan fingerprint density at radius 2 is 2.00 bits per heavy atom. The van der Waals surface area contributed by atoms with E-state index in [1.165, 1.54) is 27.4 Å². The Morgan fingerprint density at radius 3 is 2.67 bits per heavy atom. The number of nitrogens with zero attached hydrogens (tertiary/aromatic N) is 2. The van der Waals surface area contributed by atoms with Crippen LogP contribution in [0.1, 0.15) is 27.9 Å². The summed E-state index contributed by atoms with van der Waals surface area (Å²) in [5.74, 6) is 1.55. The van der Waals surface area contributed by atoms with Gasteiger partial charge in [-0.15, -0.1) is 11.6 Å². The first-order valence-corrected chi connectivity index (χ1v) is 10.8. The Hall–Kier alpha value is -3.59. The average Bonchev–Trinajstić information content (AvgIpc) is 3.51. The van der Waals surface area contributed by atoms with E-state index in [4.69, 9.17) is 30.2 Å². The predicted octanol–water partition coefficient (Wildman–Crippen LogP) is 4.33. The first kappa shape index (κ1) is 21.3. The molecule has 9 nitrogen and oxygen atoms in total. The number of phenolic OH excluding ortho intramolecular Hbond substituents is 1. The Balaban J connectivity index is 1.64. The molecule has 1 amide bonds. The third kappa shape index (κ3) is 3.06. The van der Waals surface area contributed by atoms with E-state index in [1.807, 2.05) is 0 Å². The molecule has 1 atom stereocenters. The number of halogens is 1. The average molecular weight is 472 g/mol. The van der Waals surface area contributed by atoms with Crippen LogP contribution in [0.4, 0.5) is 5.69 Å². The van der Waals surface area contributed by atoms with Gasteiger partial charge in [-0.05, 0) is 12.1 Å². The van der Waals surface area contributed by atoms with E-state index in [2.05, 4.69) is 9.97 Å². The molecule has 0 saturated heterocycles. The van der Waals surface area contributed by atoms with Crippen LogP contribution in [-0.2, 0) is 0 Å². The number of H-pyrrole nitrogens is 1. The number of aromatic nitrogens is 2. The number of anilines is 1. The highest BCUT2D eigenvalue weighted by atomic mass is 35.5. The van der Waals surface area contributed by atoms with Gasteiger partial charge in [-0.1, -0.05) is 0 Å². The molecule has 1 unspecified atom stereocenters. The standard InChI is InChI=1S/C23H22ClN3O6/c1-10-25-19-17-12(8-24)9-27(14(17)7-15(28)20(19)33-10)23(29)13-5-11-6-16(30-2)21(31-3)22(32-4)18(11)26-13/h5-7,12,26,28H,8-9H2,1-4H3. The molecule has 172 valence electrons. The maximum atomic E-state index is 13.6. The molecule has 0 bridgehead atoms. The molecule has 0 spiro atoms. The third-order valence-corrected chi connectivity index (χ3v) is 6.33. The number of aromatic amines is 1. The number of methoxy groups -OCH3 is 3. The largest absolute Gasteiger partial charge is 0.504 e. The number of phenols is 1. The van der Waals surface area contributed by atoms with Crippen molar-refractivity contribution in [1.29, 1.82) is 0 Å². The van der Waals surface area contributed by atoms with Crippen LogP contribution in [0, 0.1) is 6.92 Å². The summed E-state index contributed by atoms with van der Waals surface area (Å²) < 4.78 is 22.0. The zero-order chi connectivity index (χ0) is 23.4. The second-order valence-corrected chi connectivity index (χ2v) is 8.11. The van der Waals surface area contributed by atoms with Crippen molar-refractivity contribution in [3.63, 3.8) is 0 Å². The molecule has 33 heavy (non-hydrogen) atoms. The number of carbonyl (C=O) groups is 1. The van der Waals surface area contributed by atoms with E-state index in [0.717, 1.165) is 10.9 Å². The Bertz CT molecular complexity index is 1410. The summed E-state index contributed by atoms with van der Waals surface area (Å²) in [5, 5.41) is 11.2. The minimum Gasteiger partial charge on any atom is -0.504 e. The van der Waals surface area contributed by atoms with E-state index in [0.29, 0.717) is 57.7 Å². The van der Waals surface area contributed by atoms with Gasteiger partial charge < -0.3 is 33.6 Å². The van der Waals surface area contributed by atoms with E-state index in [-0.39, 0.29) is 23.5 Å². The number of aryl methyl sites for hydroxylation is 1. The van der Waals surface area contributed by atoms with Crippen molar-refractivity contribution in [2.24, 2.45) is 0 Å². The van der Waals surface area contributed by atoms with Crippen LogP contribution in [0.15, 0.2) is 22.6 Å². The predicted molar refractivity (Wildman–Crippen MR) is 124 cm³/mol. The molecule has 2 aromatic carbocycles. The molecule has 1 aliphatic heterocycles. The maximum absolute atomic E-state index is 13.6. The van der Waals surface area contributed by atoms with Crippen molar-refractivity contribution in [3.05, 3.63) is 35.3 Å². The fourth-order valence-electron chi connectivity index (χ4n) is 4.54. The monoisotopic (exact) mass is 471 g/mol. The summed E-state index contributed by atoms with van der Waals surface area (Å²) in [4.78, 5) is 22.8. The number of nitrogens with one attached hydrogen (secondary N) is 1. The molecular weight excluding hydrogens is 450 g/mol. The zero-order valence-electron chi connectivity index (χ0n) is 18.5. The van der Waals surface area contributed by atoms with Crippen LogP contribution in [0.25, 0.3) is 22.0 Å². The van der Waals surface area contributed by atoms with Gasteiger partial charge in [0.05, 0.1) is 32.5 Å². The zero-order valence-corrected chi connectivity index (χ0v) is 19.2. The van der Waals surface area contributed by atoms with Crippen molar-refractivity contribution in [2.45, 2.75) is 12.8 Å². The molecule has 0 radical (unpaired) electrons. The van der Waals surface area contributed by atoms with E-state index in [1.54, 1.807) is 24.0 Å². The Labute approximate surface area is 193 Å². The number of oxazole rings is 1. The van der Waals surface area contributed by atoms with Gasteiger partial charge >= 0.3 is 0 Å². The Kier molecular flexibility index (Phi) is 5.01. The van der Waals surface area contributed by atoms with Gasteiger partial charge in [0.1, 0.15) is 11.2 Å². The van der Waals surface area contributed by atoms with Crippen molar-refractivity contribution < 1.29 is 28.5 Å². The van der Waals surface area contributed by atoms with Gasteiger partial charge in [-0.3, -0.25) is 4.79 Å². The quantitative estimate of drug-likeness (QED) is 0.417. The molecule has 2 aromatic heterocycles. The molecule has 0 aliphatic carbocycles. The molecule has 1 aliphatic rings. The van der Waals surface area contributed by atoms with Gasteiger partial charge in [0, 0.05) is 42.3 Å². The highest BCUT2D eigenvalue weighted by Crippen LogP contribution is 2.47. The summed E-state index contributed by atoms with van der Waals surface area (Å²) >= 11 is 6.26. The molecule has 3 heterocycles. The fraction of sp³-hybridized carbons (Fsp3) is 0.304. The minimum absolute atomic E-state index is 0.0786. The lowest BCUT2D eigenvalue weighted by atomic mass is 10.0. The number of carbonyl (C=O) groups excluding carboxylic acids is 1. The summed E-state index contributed by atoms with van der Waals surface area (Å²) in [7, 11) is 4.58. The molecule has 10 heteroatoms. The number of hydrogen-bond acceptors (Lipinski definition) is 7. The number of benzene rings is 2. The molecule has 5 rings (SSSR count). The van der Waals surface area contributed by atoms with Crippen molar-refractivity contribution in [1.82, 2.24) is 9.97 Å². The summed E-state index contributed by atoms with van der Waals surface area (Å²) in [5.41, 5.74) is 3.12. The lowest BCUT2D eigenvalue weighted by molar-refractivity contribution is 0.0984. The summed E-state index contributed by atoms with van der Waals surface area (Å²) in [6.45, 7) is 2.06. The van der Waals surface area contributed by atoms with Crippen LogP contribution in [0.5, 0.6) is 23.0 Å². The highest BCUT2D eigenvalue weighted by Gasteiger charge is 2.37. The minimum atomic E-state index is -0.279. The van der Waals surface area contributed by atoms with Crippen LogP contribution < -0.4 is 19.1 Å². The smallest absolute Gasteiger partial charge is 0.274 e. The maximum Gasteiger partial charge on any atom is 0.274 e. The third-order valence-electron chi connectivity index (χ3n) is 5.96. The second kappa shape index (κ2) is 7.77. The lowest BCUT2D eigenvalue weighted by Crippen LogP contribution is -2.30. The number of hydrogen-bond donors (Lipinski definition) is 2. The van der Waals surface area contributed by atoms with Crippen LogP contribution in [-0.4, -0.2) is 54.7 Å². The molecule has 0 fully saturated rings. The SMILES string of the molecule is COc1cc2cc(C(=O)N3CC(CCl)c4c3cc(O)c3oc(C)nc43)[nH]c2c(OC)c1OC. The van der Waals surface area contributed by atoms with Gasteiger partial charge in [0.2, 0.25) is 5.75 Å². The van der Waals surface area contributed by atoms with Crippen molar-refractivity contribution in [2.75, 3.05) is 38.7 Å². The normalized spacial score (nSPS) is 15.3. The topological polar surface area (TPSA) is 110 Å². The van der Waals surface area contributed by atoms with E-state index >= 15 is 0 Å². The summed E-state index contributed by atoms with van der Waals surface area (Å²) in [6, 6.07) is 5.04. The van der Waals surface area contributed by atoms with Crippen LogP contribution in [0.2, 0.25) is 0 Å². The van der Waals surface area contributed by atoms with Gasteiger partial charge in [0.15, 0.2) is 28.7 Å². The van der Waals surface area contributed by atoms with E-state index in [9.17, 15) is 9.90 Å². The lowest BCUT2D eigenvalue weighted by Gasteiger charge is -2.17. The number of amides is 1. The second-order valence-electron chi connectivity index (χ2n) is 7.80. The first-order chi connectivity index (χ1) is 15.9. The van der Waals surface area contributed by atoms with Gasteiger partial charge in [-0.25, -0.2) is 4.98 Å². The highest BCUT2D eigenvalue weighted by molar-refractivity contribution is 6.19.